The maximum absolute atomic E-state index is 13.2. The van der Waals surface area contributed by atoms with Crippen LogP contribution in [0.2, 0.25) is 0 Å². The summed E-state index contributed by atoms with van der Waals surface area (Å²) in [7, 11) is 0. The lowest BCUT2D eigenvalue weighted by molar-refractivity contribution is 0.0705. The number of aryl methyl sites for hydroxylation is 1. The van der Waals surface area contributed by atoms with Crippen LogP contribution in [0, 0.1) is 6.92 Å². The van der Waals surface area contributed by atoms with E-state index in [1.165, 1.54) is 19.3 Å². The first-order valence-electron chi connectivity index (χ1n) is 9.91. The lowest BCUT2D eigenvalue weighted by atomic mass is 10.1. The van der Waals surface area contributed by atoms with E-state index in [0.29, 0.717) is 18.7 Å². The summed E-state index contributed by atoms with van der Waals surface area (Å²) in [5.41, 5.74) is 1.74. The van der Waals surface area contributed by atoms with Crippen molar-refractivity contribution in [2.75, 3.05) is 18.0 Å². The van der Waals surface area contributed by atoms with Crippen molar-refractivity contribution >= 4 is 11.8 Å². The Morgan fingerprint density at radius 1 is 1.00 bits per heavy atom. The molecular formula is C23H26N2O3. The van der Waals surface area contributed by atoms with Crippen molar-refractivity contribution in [1.82, 2.24) is 4.90 Å². The number of piperidine rings is 1. The Kier molecular flexibility index (Phi) is 5.51. The van der Waals surface area contributed by atoms with Crippen LogP contribution in [-0.2, 0) is 13.1 Å². The molecule has 3 aromatic rings. The monoisotopic (exact) mass is 378 g/mol. The summed E-state index contributed by atoms with van der Waals surface area (Å²) in [5, 5.41) is 0. The zero-order chi connectivity index (χ0) is 19.3. The zero-order valence-electron chi connectivity index (χ0n) is 16.3. The average molecular weight is 378 g/mol. The first kappa shape index (κ1) is 18.4. The SMILES string of the molecule is Cc1cccc(C(=O)N(Cc2ccco2)Cc2ccc(N3CCCCC3)o2)c1. The number of nitrogens with zero attached hydrogens (tertiary/aromatic N) is 2. The Balaban J connectivity index is 1.53. The molecule has 3 heterocycles. The fraction of sp³-hybridized carbons (Fsp3) is 0.348. The van der Waals surface area contributed by atoms with Gasteiger partial charge in [0.2, 0.25) is 0 Å². The zero-order valence-corrected chi connectivity index (χ0v) is 16.3. The number of carbonyl (C=O) groups excluding carboxylic acids is 1. The van der Waals surface area contributed by atoms with Gasteiger partial charge < -0.3 is 18.6 Å². The van der Waals surface area contributed by atoms with Gasteiger partial charge in [0.1, 0.15) is 11.5 Å². The highest BCUT2D eigenvalue weighted by Crippen LogP contribution is 2.24. The molecule has 146 valence electrons. The third-order valence-electron chi connectivity index (χ3n) is 5.14. The highest BCUT2D eigenvalue weighted by molar-refractivity contribution is 5.94. The van der Waals surface area contributed by atoms with Crippen LogP contribution in [0.1, 0.15) is 46.7 Å². The molecule has 2 aromatic heterocycles. The van der Waals surface area contributed by atoms with E-state index in [2.05, 4.69) is 4.90 Å². The standard InChI is InChI=1S/C23H26N2O3/c1-18-7-5-8-19(15-18)23(26)25(16-20-9-6-14-27-20)17-21-10-11-22(28-21)24-12-3-2-4-13-24/h5-11,14-15H,2-4,12-13,16-17H2,1H3. The smallest absolute Gasteiger partial charge is 0.254 e. The molecule has 0 saturated carbocycles. The van der Waals surface area contributed by atoms with E-state index < -0.39 is 0 Å². The predicted molar refractivity (Wildman–Crippen MR) is 108 cm³/mol. The van der Waals surface area contributed by atoms with Crippen molar-refractivity contribution in [2.24, 2.45) is 0 Å². The van der Waals surface area contributed by atoms with Gasteiger partial charge >= 0.3 is 0 Å². The second-order valence-corrected chi connectivity index (χ2v) is 7.40. The molecule has 1 aliphatic heterocycles. The minimum absolute atomic E-state index is 0.0315. The van der Waals surface area contributed by atoms with Crippen molar-refractivity contribution < 1.29 is 13.6 Å². The van der Waals surface area contributed by atoms with Gasteiger partial charge in [0.25, 0.3) is 5.91 Å². The summed E-state index contributed by atoms with van der Waals surface area (Å²) in [5.74, 6) is 2.41. The maximum atomic E-state index is 13.2. The molecule has 0 atom stereocenters. The van der Waals surface area contributed by atoms with Gasteiger partial charge in [-0.15, -0.1) is 0 Å². The van der Waals surface area contributed by atoms with Crippen molar-refractivity contribution in [2.45, 2.75) is 39.3 Å². The topological polar surface area (TPSA) is 49.8 Å². The molecule has 0 aliphatic carbocycles. The lowest BCUT2D eigenvalue weighted by Gasteiger charge is -2.26. The van der Waals surface area contributed by atoms with E-state index in [1.807, 2.05) is 55.5 Å². The molecular weight excluding hydrogens is 352 g/mol. The Morgan fingerprint density at radius 3 is 2.57 bits per heavy atom. The number of benzene rings is 1. The Morgan fingerprint density at radius 2 is 1.82 bits per heavy atom. The molecule has 0 spiro atoms. The third kappa shape index (κ3) is 4.30. The molecule has 1 amide bonds. The summed E-state index contributed by atoms with van der Waals surface area (Å²) in [6.45, 7) is 4.86. The van der Waals surface area contributed by atoms with Crippen LogP contribution in [0.4, 0.5) is 5.88 Å². The minimum atomic E-state index is -0.0315. The van der Waals surface area contributed by atoms with Gasteiger partial charge in [0.05, 0.1) is 19.4 Å². The van der Waals surface area contributed by atoms with Crippen LogP contribution in [0.5, 0.6) is 0 Å². The molecule has 0 N–H and O–H groups in total. The van der Waals surface area contributed by atoms with E-state index in [9.17, 15) is 4.79 Å². The van der Waals surface area contributed by atoms with Gasteiger partial charge in [-0.05, 0) is 56.5 Å². The van der Waals surface area contributed by atoms with E-state index in [-0.39, 0.29) is 5.91 Å². The summed E-state index contributed by atoms with van der Waals surface area (Å²) in [6, 6.07) is 15.4. The van der Waals surface area contributed by atoms with Crippen LogP contribution in [0.3, 0.4) is 0 Å². The highest BCUT2D eigenvalue weighted by atomic mass is 16.4. The number of amides is 1. The molecule has 0 radical (unpaired) electrons. The van der Waals surface area contributed by atoms with Crippen LogP contribution in [0.15, 0.2) is 63.6 Å². The van der Waals surface area contributed by atoms with Gasteiger partial charge in [-0.1, -0.05) is 17.7 Å². The number of hydrogen-bond donors (Lipinski definition) is 0. The highest BCUT2D eigenvalue weighted by Gasteiger charge is 2.21. The Bertz CT molecular complexity index is 908. The van der Waals surface area contributed by atoms with Gasteiger partial charge in [-0.25, -0.2) is 0 Å². The van der Waals surface area contributed by atoms with E-state index in [4.69, 9.17) is 8.83 Å². The minimum Gasteiger partial charge on any atom is -0.467 e. The number of rotatable bonds is 6. The van der Waals surface area contributed by atoms with E-state index in [1.54, 1.807) is 11.2 Å². The summed E-state index contributed by atoms with van der Waals surface area (Å²) in [6.07, 6.45) is 5.32. The summed E-state index contributed by atoms with van der Waals surface area (Å²) >= 11 is 0. The van der Waals surface area contributed by atoms with Crippen molar-refractivity contribution in [3.05, 3.63) is 77.4 Å². The van der Waals surface area contributed by atoms with Crippen LogP contribution < -0.4 is 4.90 Å². The molecule has 5 heteroatoms. The summed E-state index contributed by atoms with van der Waals surface area (Å²) in [4.78, 5) is 17.2. The van der Waals surface area contributed by atoms with Crippen molar-refractivity contribution in [3.8, 4) is 0 Å². The number of anilines is 1. The third-order valence-corrected chi connectivity index (χ3v) is 5.14. The molecule has 1 aromatic carbocycles. The normalized spacial score (nSPS) is 14.2. The first-order chi connectivity index (χ1) is 13.7. The van der Waals surface area contributed by atoms with Crippen LogP contribution >= 0.6 is 0 Å². The quantitative estimate of drug-likeness (QED) is 0.605. The first-order valence-corrected chi connectivity index (χ1v) is 9.91. The number of hydrogen-bond acceptors (Lipinski definition) is 4. The average Bonchev–Trinajstić information content (AvgIpc) is 3.40. The molecule has 0 unspecified atom stereocenters. The van der Waals surface area contributed by atoms with E-state index in [0.717, 1.165) is 36.1 Å². The lowest BCUT2D eigenvalue weighted by Crippen LogP contribution is -2.30. The molecule has 4 rings (SSSR count). The molecule has 5 nitrogen and oxygen atoms in total. The van der Waals surface area contributed by atoms with Gasteiger partial charge in [0.15, 0.2) is 5.88 Å². The van der Waals surface area contributed by atoms with Crippen LogP contribution in [0.25, 0.3) is 0 Å². The molecule has 1 saturated heterocycles. The second kappa shape index (κ2) is 8.38. The molecule has 28 heavy (non-hydrogen) atoms. The number of furan rings is 2. The largest absolute Gasteiger partial charge is 0.467 e. The van der Waals surface area contributed by atoms with Crippen molar-refractivity contribution in [1.29, 1.82) is 0 Å². The fourth-order valence-corrected chi connectivity index (χ4v) is 3.67. The van der Waals surface area contributed by atoms with Gasteiger partial charge in [-0.2, -0.15) is 0 Å². The number of carbonyl (C=O) groups is 1. The maximum Gasteiger partial charge on any atom is 0.254 e. The van der Waals surface area contributed by atoms with Gasteiger partial charge in [0, 0.05) is 24.7 Å². The Hall–Kier alpha value is -2.95. The Labute approximate surface area is 165 Å². The van der Waals surface area contributed by atoms with E-state index >= 15 is 0 Å². The molecule has 1 fully saturated rings. The molecule has 1 aliphatic rings. The van der Waals surface area contributed by atoms with Crippen LogP contribution in [-0.4, -0.2) is 23.9 Å². The predicted octanol–water partition coefficient (Wildman–Crippen LogP) is 5.01. The van der Waals surface area contributed by atoms with Crippen molar-refractivity contribution in [3.63, 3.8) is 0 Å². The molecule has 0 bridgehead atoms. The van der Waals surface area contributed by atoms with Gasteiger partial charge in [-0.3, -0.25) is 4.79 Å². The second-order valence-electron chi connectivity index (χ2n) is 7.40. The summed E-state index contributed by atoms with van der Waals surface area (Å²) < 4.78 is 11.6. The fourth-order valence-electron chi connectivity index (χ4n) is 3.67.